The van der Waals surface area contributed by atoms with Crippen molar-refractivity contribution in [3.63, 3.8) is 0 Å². The Morgan fingerprint density at radius 1 is 1.35 bits per heavy atom. The van der Waals surface area contributed by atoms with Gasteiger partial charge in [-0.2, -0.15) is 0 Å². The van der Waals surface area contributed by atoms with Crippen molar-refractivity contribution in [2.45, 2.75) is 17.8 Å². The number of nitrogens with one attached hydrogen (secondary N) is 1. The predicted molar refractivity (Wildman–Crippen MR) is 83.9 cm³/mol. The zero-order valence-electron chi connectivity index (χ0n) is 12.1. The Hall–Kier alpha value is -2.32. The number of rotatable bonds is 4. The van der Waals surface area contributed by atoms with Crippen molar-refractivity contribution in [1.82, 2.24) is 10.2 Å². The fourth-order valence-corrected chi connectivity index (χ4v) is 3.75. The minimum absolute atomic E-state index is 0.154. The zero-order chi connectivity index (χ0) is 16.6. The van der Waals surface area contributed by atoms with E-state index in [9.17, 15) is 19.5 Å². The SMILES string of the molecule is N[C@@H](C(=O)NC1=C(C(=O)O)N2C(=O)C[C@H]2SC1)c1ccccc1. The first-order valence-electron chi connectivity index (χ1n) is 7.00. The van der Waals surface area contributed by atoms with Crippen molar-refractivity contribution in [2.75, 3.05) is 5.75 Å². The Morgan fingerprint density at radius 3 is 2.65 bits per heavy atom. The number of nitrogens with two attached hydrogens (primary N) is 1. The number of aliphatic carboxylic acids is 1. The van der Waals surface area contributed by atoms with Crippen molar-refractivity contribution in [1.29, 1.82) is 0 Å². The molecule has 0 aliphatic carbocycles. The molecule has 0 spiro atoms. The lowest BCUT2D eigenvalue weighted by Crippen LogP contribution is -2.55. The van der Waals surface area contributed by atoms with E-state index in [1.807, 2.05) is 6.07 Å². The second-order valence-electron chi connectivity index (χ2n) is 5.24. The maximum Gasteiger partial charge on any atom is 0.354 e. The zero-order valence-corrected chi connectivity index (χ0v) is 12.9. The van der Waals surface area contributed by atoms with Crippen molar-refractivity contribution >= 4 is 29.5 Å². The molecular formula is C15H15N3O4S. The fraction of sp³-hybridized carbons (Fsp3) is 0.267. The molecule has 0 aromatic heterocycles. The lowest BCUT2D eigenvalue weighted by atomic mass is 10.1. The largest absolute Gasteiger partial charge is 0.477 e. The lowest BCUT2D eigenvalue weighted by Gasteiger charge is -2.43. The van der Waals surface area contributed by atoms with Gasteiger partial charge in [0.15, 0.2) is 5.70 Å². The van der Waals surface area contributed by atoms with Crippen LogP contribution >= 0.6 is 11.8 Å². The van der Waals surface area contributed by atoms with Gasteiger partial charge in [-0.3, -0.25) is 14.5 Å². The van der Waals surface area contributed by atoms with Gasteiger partial charge in [0.2, 0.25) is 11.8 Å². The Morgan fingerprint density at radius 2 is 2.04 bits per heavy atom. The Labute approximate surface area is 136 Å². The summed E-state index contributed by atoms with van der Waals surface area (Å²) in [6.45, 7) is 0. The summed E-state index contributed by atoms with van der Waals surface area (Å²) < 4.78 is 0. The number of hydrogen-bond acceptors (Lipinski definition) is 5. The summed E-state index contributed by atoms with van der Waals surface area (Å²) in [6, 6.07) is 7.89. The molecule has 120 valence electrons. The minimum atomic E-state index is -1.23. The molecule has 2 aliphatic heterocycles. The monoisotopic (exact) mass is 333 g/mol. The molecule has 1 aromatic carbocycles. The van der Waals surface area contributed by atoms with Crippen LogP contribution in [-0.4, -0.2) is 38.9 Å². The van der Waals surface area contributed by atoms with Crippen LogP contribution in [0.4, 0.5) is 0 Å². The molecule has 8 heteroatoms. The number of hydrogen-bond donors (Lipinski definition) is 3. The Balaban J connectivity index is 1.82. The number of fused-ring (bicyclic) bond motifs is 1. The summed E-state index contributed by atoms with van der Waals surface area (Å²) in [4.78, 5) is 36.6. The van der Waals surface area contributed by atoms with Crippen LogP contribution in [0.5, 0.6) is 0 Å². The van der Waals surface area contributed by atoms with Crippen LogP contribution < -0.4 is 11.1 Å². The van der Waals surface area contributed by atoms with E-state index in [0.717, 1.165) is 0 Å². The van der Waals surface area contributed by atoms with E-state index >= 15 is 0 Å². The molecule has 1 aromatic rings. The molecule has 0 unspecified atom stereocenters. The van der Waals surface area contributed by atoms with Gasteiger partial charge in [-0.1, -0.05) is 30.3 Å². The van der Waals surface area contributed by atoms with Crippen molar-refractivity contribution in [2.24, 2.45) is 5.73 Å². The summed E-state index contributed by atoms with van der Waals surface area (Å²) in [5.74, 6) is -1.66. The van der Waals surface area contributed by atoms with E-state index in [-0.39, 0.29) is 22.7 Å². The maximum absolute atomic E-state index is 12.3. The number of benzene rings is 1. The summed E-state index contributed by atoms with van der Waals surface area (Å²) in [5, 5.41) is 11.8. The molecule has 0 radical (unpaired) electrons. The first-order chi connectivity index (χ1) is 11.0. The summed E-state index contributed by atoms with van der Waals surface area (Å²) in [7, 11) is 0. The van der Waals surface area contributed by atoms with Crippen LogP contribution in [-0.2, 0) is 14.4 Å². The van der Waals surface area contributed by atoms with Crippen LogP contribution in [0.15, 0.2) is 41.7 Å². The minimum Gasteiger partial charge on any atom is -0.477 e. The molecule has 2 aliphatic rings. The molecule has 0 bridgehead atoms. The summed E-state index contributed by atoms with van der Waals surface area (Å²) in [5.41, 5.74) is 6.60. The number of carbonyl (C=O) groups is 3. The third kappa shape index (κ3) is 2.82. The fourth-order valence-electron chi connectivity index (χ4n) is 2.55. The van der Waals surface area contributed by atoms with Crippen LogP contribution in [0.1, 0.15) is 18.0 Å². The highest BCUT2D eigenvalue weighted by molar-refractivity contribution is 8.00. The average molecular weight is 333 g/mol. The number of nitrogens with zero attached hydrogens (tertiary/aromatic N) is 1. The highest BCUT2D eigenvalue weighted by Crippen LogP contribution is 2.39. The number of carboxylic acid groups (broad SMARTS) is 1. The van der Waals surface area contributed by atoms with Crippen molar-refractivity contribution in [3.05, 3.63) is 47.3 Å². The first-order valence-corrected chi connectivity index (χ1v) is 8.05. The highest BCUT2D eigenvalue weighted by Gasteiger charge is 2.45. The van der Waals surface area contributed by atoms with Crippen molar-refractivity contribution < 1.29 is 19.5 Å². The van der Waals surface area contributed by atoms with E-state index < -0.39 is 17.9 Å². The van der Waals surface area contributed by atoms with Gasteiger partial charge in [0.1, 0.15) is 6.04 Å². The second kappa shape index (κ2) is 6.05. The van der Waals surface area contributed by atoms with Gasteiger partial charge in [-0.25, -0.2) is 4.79 Å². The van der Waals surface area contributed by atoms with E-state index in [2.05, 4.69) is 5.32 Å². The van der Waals surface area contributed by atoms with Gasteiger partial charge in [0, 0.05) is 5.75 Å². The van der Waals surface area contributed by atoms with Gasteiger partial charge in [0.05, 0.1) is 17.5 Å². The summed E-state index contributed by atoms with van der Waals surface area (Å²) in [6.07, 6.45) is 0.326. The molecule has 1 fully saturated rings. The highest BCUT2D eigenvalue weighted by atomic mass is 32.2. The van der Waals surface area contributed by atoms with Gasteiger partial charge in [0.25, 0.3) is 0 Å². The molecule has 2 amide bonds. The maximum atomic E-state index is 12.3. The second-order valence-corrected chi connectivity index (χ2v) is 6.41. The third-order valence-electron chi connectivity index (χ3n) is 3.77. The molecule has 0 saturated carbocycles. The molecule has 4 N–H and O–H groups in total. The number of β-lactam (4-membered cyclic amide) rings is 1. The first kappa shape index (κ1) is 15.6. The Kier molecular flexibility index (Phi) is 4.10. The standard InChI is InChI=1S/C15H15N3O4S/c16-12(8-4-2-1-3-5-8)14(20)17-9-7-23-11-6-10(19)18(11)13(9)15(21)22/h1-5,11-12H,6-7,16H2,(H,17,20)(H,21,22)/t11-,12-/m1/s1. The third-order valence-corrected chi connectivity index (χ3v) is 4.99. The molecule has 2 atom stereocenters. The van der Waals surface area contributed by atoms with Crippen LogP contribution in [0.3, 0.4) is 0 Å². The van der Waals surface area contributed by atoms with Crippen molar-refractivity contribution in [3.8, 4) is 0 Å². The topological polar surface area (TPSA) is 113 Å². The number of thioether (sulfide) groups is 1. The quantitative estimate of drug-likeness (QED) is 0.688. The van der Waals surface area contributed by atoms with Gasteiger partial charge >= 0.3 is 5.97 Å². The van der Waals surface area contributed by atoms with Gasteiger partial charge in [-0.05, 0) is 5.56 Å². The lowest BCUT2D eigenvalue weighted by molar-refractivity contribution is -0.146. The predicted octanol–water partition coefficient (Wildman–Crippen LogP) is 0.404. The molecule has 2 heterocycles. The van der Waals surface area contributed by atoms with E-state index in [1.54, 1.807) is 24.3 Å². The smallest absolute Gasteiger partial charge is 0.354 e. The van der Waals surface area contributed by atoms with E-state index in [4.69, 9.17) is 5.73 Å². The number of carbonyl (C=O) groups excluding carboxylic acids is 2. The summed E-state index contributed by atoms with van der Waals surface area (Å²) >= 11 is 1.42. The van der Waals surface area contributed by atoms with Crippen LogP contribution in [0, 0.1) is 0 Å². The van der Waals surface area contributed by atoms with Gasteiger partial charge in [-0.15, -0.1) is 11.8 Å². The van der Waals surface area contributed by atoms with E-state index in [0.29, 0.717) is 17.7 Å². The van der Waals surface area contributed by atoms with Crippen LogP contribution in [0.25, 0.3) is 0 Å². The van der Waals surface area contributed by atoms with E-state index in [1.165, 1.54) is 16.7 Å². The molecule has 3 rings (SSSR count). The normalized spacial score (nSPS) is 21.3. The van der Waals surface area contributed by atoms with Crippen LogP contribution in [0.2, 0.25) is 0 Å². The molecular weight excluding hydrogens is 318 g/mol. The molecule has 23 heavy (non-hydrogen) atoms. The molecule has 7 nitrogen and oxygen atoms in total. The van der Waals surface area contributed by atoms with Gasteiger partial charge < -0.3 is 16.2 Å². The Bertz CT molecular complexity index is 704. The number of carboxylic acids is 1. The average Bonchev–Trinajstić information content (AvgIpc) is 2.54. The number of amides is 2. The molecule has 1 saturated heterocycles.